The average Bonchev–Trinajstić information content (AvgIpc) is 3.16. The van der Waals surface area contributed by atoms with E-state index in [1.54, 1.807) is 19.2 Å². The highest BCUT2D eigenvalue weighted by atomic mass is 35.5. The number of benzene rings is 2. The standard InChI is InChI=1S/C20H19ClN2O4/c1-26-16-8-6-11(10-15(16)23(24)25)19-13-5-3-4-12(13)18-14(21)7-9-17(27-2)20(18)22-19/h3-4,6-10,12-13,19,22H,5H2,1-2H3/t12-,13-,19-/m1/s1. The van der Waals surface area contributed by atoms with Gasteiger partial charge >= 0.3 is 5.69 Å². The van der Waals surface area contributed by atoms with Crippen molar-refractivity contribution in [3.8, 4) is 11.5 Å². The van der Waals surface area contributed by atoms with Crippen molar-refractivity contribution in [3.63, 3.8) is 0 Å². The number of fused-ring (bicyclic) bond motifs is 3. The van der Waals surface area contributed by atoms with Crippen LogP contribution in [0.3, 0.4) is 0 Å². The van der Waals surface area contributed by atoms with Gasteiger partial charge in [0.1, 0.15) is 5.75 Å². The number of rotatable bonds is 4. The van der Waals surface area contributed by atoms with Gasteiger partial charge in [0.25, 0.3) is 0 Å². The second-order valence-corrected chi connectivity index (χ2v) is 7.11. The van der Waals surface area contributed by atoms with Crippen molar-refractivity contribution in [3.05, 3.63) is 68.7 Å². The van der Waals surface area contributed by atoms with Gasteiger partial charge in [-0.2, -0.15) is 0 Å². The summed E-state index contributed by atoms with van der Waals surface area (Å²) in [7, 11) is 3.05. The summed E-state index contributed by atoms with van der Waals surface area (Å²) in [5.74, 6) is 1.31. The lowest BCUT2D eigenvalue weighted by Crippen LogP contribution is -2.29. The molecule has 4 rings (SSSR count). The Morgan fingerprint density at radius 1 is 1.19 bits per heavy atom. The fourth-order valence-corrected chi connectivity index (χ4v) is 4.46. The summed E-state index contributed by atoms with van der Waals surface area (Å²) >= 11 is 6.50. The van der Waals surface area contributed by atoms with Crippen molar-refractivity contribution in [1.29, 1.82) is 0 Å². The normalized spacial score (nSPS) is 22.6. The second-order valence-electron chi connectivity index (χ2n) is 6.70. The molecule has 140 valence electrons. The molecule has 3 atom stereocenters. The second kappa shape index (κ2) is 6.78. The zero-order valence-electron chi connectivity index (χ0n) is 14.9. The maximum atomic E-state index is 11.4. The highest BCUT2D eigenvalue weighted by Gasteiger charge is 2.40. The van der Waals surface area contributed by atoms with Crippen LogP contribution < -0.4 is 14.8 Å². The van der Waals surface area contributed by atoms with Crippen molar-refractivity contribution in [1.82, 2.24) is 0 Å². The molecule has 0 aromatic heterocycles. The number of methoxy groups -OCH3 is 2. The van der Waals surface area contributed by atoms with Crippen LogP contribution in [0.5, 0.6) is 11.5 Å². The van der Waals surface area contributed by atoms with Gasteiger partial charge in [0.2, 0.25) is 0 Å². The number of ether oxygens (including phenoxy) is 2. The number of nitro groups is 1. The molecule has 1 N–H and O–H groups in total. The number of allylic oxidation sites excluding steroid dienone is 2. The molecule has 7 heteroatoms. The number of anilines is 1. The Hall–Kier alpha value is -2.73. The van der Waals surface area contributed by atoms with E-state index < -0.39 is 4.92 Å². The molecule has 0 spiro atoms. The summed E-state index contributed by atoms with van der Waals surface area (Å²) < 4.78 is 10.7. The van der Waals surface area contributed by atoms with Gasteiger partial charge in [0.05, 0.1) is 30.9 Å². The fourth-order valence-electron chi connectivity index (χ4n) is 4.18. The Morgan fingerprint density at radius 3 is 2.63 bits per heavy atom. The molecule has 1 aliphatic carbocycles. The van der Waals surface area contributed by atoms with E-state index in [4.69, 9.17) is 21.1 Å². The lowest BCUT2D eigenvalue weighted by atomic mass is 9.76. The molecule has 0 saturated heterocycles. The van der Waals surface area contributed by atoms with E-state index in [0.29, 0.717) is 10.8 Å². The van der Waals surface area contributed by atoms with Gasteiger partial charge in [-0.3, -0.25) is 10.1 Å². The van der Waals surface area contributed by atoms with Crippen molar-refractivity contribution in [2.45, 2.75) is 18.4 Å². The Bertz CT molecular complexity index is 944. The van der Waals surface area contributed by atoms with E-state index in [1.807, 2.05) is 18.2 Å². The topological polar surface area (TPSA) is 73.6 Å². The van der Waals surface area contributed by atoms with Crippen LogP contribution >= 0.6 is 11.6 Å². The summed E-state index contributed by atoms with van der Waals surface area (Å²) in [5, 5.41) is 15.7. The average molecular weight is 387 g/mol. The molecule has 1 heterocycles. The summed E-state index contributed by atoms with van der Waals surface area (Å²) in [6.45, 7) is 0. The Kier molecular flexibility index (Phi) is 4.44. The predicted octanol–water partition coefficient (Wildman–Crippen LogP) is 5.09. The van der Waals surface area contributed by atoms with Gasteiger partial charge in [0.15, 0.2) is 5.75 Å². The molecule has 2 aromatic carbocycles. The molecule has 6 nitrogen and oxygen atoms in total. The summed E-state index contributed by atoms with van der Waals surface area (Å²) in [5.41, 5.74) is 2.67. The third-order valence-corrected chi connectivity index (χ3v) is 5.74. The van der Waals surface area contributed by atoms with Crippen molar-refractivity contribution < 1.29 is 14.4 Å². The van der Waals surface area contributed by atoms with Gasteiger partial charge in [-0.15, -0.1) is 0 Å². The van der Waals surface area contributed by atoms with Gasteiger partial charge < -0.3 is 14.8 Å². The van der Waals surface area contributed by atoms with Crippen LogP contribution in [0.1, 0.15) is 29.5 Å². The smallest absolute Gasteiger partial charge is 0.311 e. The first-order chi connectivity index (χ1) is 13.0. The number of nitrogens with one attached hydrogen (secondary N) is 1. The molecule has 27 heavy (non-hydrogen) atoms. The Labute approximate surface area is 161 Å². The van der Waals surface area contributed by atoms with Crippen molar-refractivity contribution in [2.24, 2.45) is 5.92 Å². The largest absolute Gasteiger partial charge is 0.495 e. The van der Waals surface area contributed by atoms with Crippen LogP contribution in [-0.2, 0) is 0 Å². The summed E-state index contributed by atoms with van der Waals surface area (Å²) in [4.78, 5) is 11.0. The molecule has 0 unspecified atom stereocenters. The Morgan fingerprint density at radius 2 is 1.93 bits per heavy atom. The van der Waals surface area contributed by atoms with Gasteiger partial charge in [-0.25, -0.2) is 0 Å². The highest BCUT2D eigenvalue weighted by Crippen LogP contribution is 2.54. The van der Waals surface area contributed by atoms with E-state index >= 15 is 0 Å². The first-order valence-electron chi connectivity index (χ1n) is 8.67. The van der Waals surface area contributed by atoms with Crippen LogP contribution in [0.4, 0.5) is 11.4 Å². The maximum Gasteiger partial charge on any atom is 0.311 e. The van der Waals surface area contributed by atoms with Crippen LogP contribution in [0.2, 0.25) is 5.02 Å². The van der Waals surface area contributed by atoms with Crippen molar-refractivity contribution in [2.75, 3.05) is 19.5 Å². The van der Waals surface area contributed by atoms with E-state index in [0.717, 1.165) is 23.2 Å². The third kappa shape index (κ3) is 2.80. The molecular weight excluding hydrogens is 368 g/mol. The van der Waals surface area contributed by atoms with Gasteiger partial charge in [0, 0.05) is 22.6 Å². The zero-order chi connectivity index (χ0) is 19.1. The first kappa shape index (κ1) is 17.7. The zero-order valence-corrected chi connectivity index (χ0v) is 15.7. The van der Waals surface area contributed by atoms with E-state index in [1.165, 1.54) is 7.11 Å². The minimum atomic E-state index is -0.416. The Balaban J connectivity index is 1.83. The van der Waals surface area contributed by atoms with Crippen LogP contribution in [0.15, 0.2) is 42.5 Å². The monoisotopic (exact) mass is 386 g/mol. The maximum absolute atomic E-state index is 11.4. The van der Waals surface area contributed by atoms with E-state index in [-0.39, 0.29) is 29.3 Å². The number of halogens is 1. The molecule has 0 amide bonds. The molecule has 2 aliphatic rings. The first-order valence-corrected chi connectivity index (χ1v) is 9.05. The lowest BCUT2D eigenvalue weighted by Gasteiger charge is -2.38. The van der Waals surface area contributed by atoms with Crippen LogP contribution in [0.25, 0.3) is 0 Å². The molecule has 0 fully saturated rings. The SMILES string of the molecule is COc1ccc([C@H]2Nc3c(OC)ccc(Cl)c3[C@@H]3C=CC[C@@H]23)cc1[N+](=O)[O-]. The summed E-state index contributed by atoms with van der Waals surface area (Å²) in [6, 6.07) is 8.70. The molecule has 2 aromatic rings. The number of nitro benzene ring substituents is 1. The van der Waals surface area contributed by atoms with Crippen LogP contribution in [0, 0.1) is 16.0 Å². The van der Waals surface area contributed by atoms with E-state index in [2.05, 4.69) is 17.5 Å². The van der Waals surface area contributed by atoms with Crippen LogP contribution in [-0.4, -0.2) is 19.1 Å². The predicted molar refractivity (Wildman–Crippen MR) is 104 cm³/mol. The lowest BCUT2D eigenvalue weighted by molar-refractivity contribution is -0.385. The van der Waals surface area contributed by atoms with Crippen molar-refractivity contribution >= 4 is 23.0 Å². The minimum absolute atomic E-state index is 0.0387. The van der Waals surface area contributed by atoms with E-state index in [9.17, 15) is 10.1 Å². The molecular formula is C20H19ClN2O4. The molecule has 0 bridgehead atoms. The molecule has 0 radical (unpaired) electrons. The number of nitrogens with zero attached hydrogens (tertiary/aromatic N) is 1. The van der Waals surface area contributed by atoms with Gasteiger partial charge in [-0.1, -0.05) is 29.8 Å². The third-order valence-electron chi connectivity index (χ3n) is 5.41. The quantitative estimate of drug-likeness (QED) is 0.450. The fraction of sp³-hybridized carbons (Fsp3) is 0.300. The highest BCUT2D eigenvalue weighted by molar-refractivity contribution is 6.32. The molecule has 0 saturated carbocycles. The number of hydrogen-bond donors (Lipinski definition) is 1. The number of hydrogen-bond acceptors (Lipinski definition) is 5. The summed E-state index contributed by atoms with van der Waals surface area (Å²) in [6.07, 6.45) is 5.18. The molecule has 1 aliphatic heterocycles. The minimum Gasteiger partial charge on any atom is -0.495 e. The van der Waals surface area contributed by atoms with Gasteiger partial charge in [-0.05, 0) is 36.1 Å².